The van der Waals surface area contributed by atoms with Crippen molar-refractivity contribution in [1.82, 2.24) is 4.98 Å². The second-order valence-electron chi connectivity index (χ2n) is 5.39. The molecule has 2 aromatic rings. The molecular formula is C16H22N2O. The second-order valence-corrected chi connectivity index (χ2v) is 5.39. The highest BCUT2D eigenvalue weighted by molar-refractivity contribution is 5.81. The van der Waals surface area contributed by atoms with Gasteiger partial charge in [0.05, 0.1) is 11.1 Å². The van der Waals surface area contributed by atoms with Gasteiger partial charge >= 0.3 is 0 Å². The van der Waals surface area contributed by atoms with Gasteiger partial charge in [0, 0.05) is 18.5 Å². The Morgan fingerprint density at radius 2 is 2.00 bits per heavy atom. The standard InChI is InChI=1S/C16H22N2O/c1-5-19-16(3,4)11-17-15-12(2)10-13-8-6-7-9-14(13)18-15/h6-10H,5,11H2,1-4H3,(H,17,18). The van der Waals surface area contributed by atoms with Crippen LogP contribution in [0.2, 0.25) is 0 Å². The number of benzene rings is 1. The van der Waals surface area contributed by atoms with E-state index < -0.39 is 0 Å². The van der Waals surface area contributed by atoms with Crippen molar-refractivity contribution in [1.29, 1.82) is 0 Å². The lowest BCUT2D eigenvalue weighted by atomic mass is 10.1. The van der Waals surface area contributed by atoms with Crippen LogP contribution in [0.5, 0.6) is 0 Å². The maximum absolute atomic E-state index is 5.69. The Morgan fingerprint density at radius 1 is 1.26 bits per heavy atom. The van der Waals surface area contributed by atoms with Crippen LogP contribution < -0.4 is 5.32 Å². The first-order valence-corrected chi connectivity index (χ1v) is 6.76. The molecule has 1 heterocycles. The molecule has 2 rings (SSSR count). The Hall–Kier alpha value is -1.61. The monoisotopic (exact) mass is 258 g/mol. The maximum atomic E-state index is 5.69. The lowest BCUT2D eigenvalue weighted by molar-refractivity contribution is 0.000641. The van der Waals surface area contributed by atoms with Gasteiger partial charge in [0.25, 0.3) is 0 Å². The van der Waals surface area contributed by atoms with E-state index in [4.69, 9.17) is 4.74 Å². The molecule has 19 heavy (non-hydrogen) atoms. The van der Waals surface area contributed by atoms with E-state index in [1.165, 1.54) is 5.39 Å². The van der Waals surface area contributed by atoms with Crippen molar-refractivity contribution in [2.24, 2.45) is 0 Å². The average molecular weight is 258 g/mol. The number of nitrogens with zero attached hydrogens (tertiary/aromatic N) is 1. The number of hydrogen-bond donors (Lipinski definition) is 1. The molecule has 3 nitrogen and oxygen atoms in total. The van der Waals surface area contributed by atoms with Crippen LogP contribution in [0, 0.1) is 6.92 Å². The third kappa shape index (κ3) is 3.44. The van der Waals surface area contributed by atoms with Crippen LogP contribution in [0.1, 0.15) is 26.3 Å². The summed E-state index contributed by atoms with van der Waals surface area (Å²) in [6.45, 7) is 9.72. The zero-order valence-corrected chi connectivity index (χ0v) is 12.2. The van der Waals surface area contributed by atoms with Crippen molar-refractivity contribution in [3.05, 3.63) is 35.9 Å². The summed E-state index contributed by atoms with van der Waals surface area (Å²) in [7, 11) is 0. The summed E-state index contributed by atoms with van der Waals surface area (Å²) in [5, 5.41) is 4.57. The first-order chi connectivity index (χ1) is 9.02. The minimum absolute atomic E-state index is 0.186. The van der Waals surface area contributed by atoms with E-state index in [1.807, 2.05) is 25.1 Å². The molecule has 0 unspecified atom stereocenters. The minimum atomic E-state index is -0.186. The Morgan fingerprint density at radius 3 is 2.74 bits per heavy atom. The predicted molar refractivity (Wildman–Crippen MR) is 80.7 cm³/mol. The third-order valence-electron chi connectivity index (χ3n) is 3.13. The van der Waals surface area contributed by atoms with Gasteiger partial charge in [0.15, 0.2) is 0 Å². The zero-order chi connectivity index (χ0) is 13.9. The highest BCUT2D eigenvalue weighted by Crippen LogP contribution is 2.20. The number of hydrogen-bond acceptors (Lipinski definition) is 3. The van der Waals surface area contributed by atoms with Gasteiger partial charge < -0.3 is 10.1 Å². The molecular weight excluding hydrogens is 236 g/mol. The van der Waals surface area contributed by atoms with Crippen LogP contribution >= 0.6 is 0 Å². The topological polar surface area (TPSA) is 34.1 Å². The summed E-state index contributed by atoms with van der Waals surface area (Å²) in [5.41, 5.74) is 1.99. The highest BCUT2D eigenvalue weighted by Gasteiger charge is 2.17. The molecule has 0 saturated carbocycles. The van der Waals surface area contributed by atoms with Crippen molar-refractivity contribution in [3.63, 3.8) is 0 Å². The number of fused-ring (bicyclic) bond motifs is 1. The molecule has 102 valence electrons. The van der Waals surface area contributed by atoms with Crippen LogP contribution in [0.25, 0.3) is 10.9 Å². The summed E-state index contributed by atoms with van der Waals surface area (Å²) in [6, 6.07) is 10.3. The first kappa shape index (κ1) is 13.8. The number of para-hydroxylation sites is 1. The lowest BCUT2D eigenvalue weighted by Crippen LogP contribution is -2.33. The van der Waals surface area contributed by atoms with Crippen LogP contribution in [-0.4, -0.2) is 23.7 Å². The van der Waals surface area contributed by atoms with Gasteiger partial charge in [0.1, 0.15) is 5.82 Å². The highest BCUT2D eigenvalue weighted by atomic mass is 16.5. The Balaban J connectivity index is 2.18. The molecule has 3 heteroatoms. The van der Waals surface area contributed by atoms with Gasteiger partial charge in [0.2, 0.25) is 0 Å². The van der Waals surface area contributed by atoms with E-state index in [1.54, 1.807) is 0 Å². The van der Waals surface area contributed by atoms with E-state index in [2.05, 4.69) is 43.2 Å². The minimum Gasteiger partial charge on any atom is -0.374 e. The Bertz CT molecular complexity index is 564. The molecule has 1 N–H and O–H groups in total. The number of aromatic nitrogens is 1. The quantitative estimate of drug-likeness (QED) is 0.886. The van der Waals surface area contributed by atoms with Gasteiger partial charge in [-0.15, -0.1) is 0 Å². The molecule has 0 fully saturated rings. The molecule has 0 aliphatic carbocycles. The molecule has 0 aliphatic heterocycles. The fraction of sp³-hybridized carbons (Fsp3) is 0.438. The molecule has 0 radical (unpaired) electrons. The lowest BCUT2D eigenvalue weighted by Gasteiger charge is -2.25. The summed E-state index contributed by atoms with van der Waals surface area (Å²) in [5.74, 6) is 0.937. The largest absolute Gasteiger partial charge is 0.374 e. The summed E-state index contributed by atoms with van der Waals surface area (Å²) in [4.78, 5) is 4.67. The summed E-state index contributed by atoms with van der Waals surface area (Å²) >= 11 is 0. The number of aryl methyl sites for hydroxylation is 1. The van der Waals surface area contributed by atoms with Crippen LogP contribution in [0.3, 0.4) is 0 Å². The average Bonchev–Trinajstić information content (AvgIpc) is 2.36. The number of nitrogens with one attached hydrogen (secondary N) is 1. The van der Waals surface area contributed by atoms with Crippen LogP contribution in [-0.2, 0) is 4.74 Å². The van der Waals surface area contributed by atoms with E-state index in [9.17, 15) is 0 Å². The van der Waals surface area contributed by atoms with Crippen molar-refractivity contribution >= 4 is 16.7 Å². The zero-order valence-electron chi connectivity index (χ0n) is 12.2. The van der Waals surface area contributed by atoms with Crippen molar-refractivity contribution in [3.8, 4) is 0 Å². The number of pyridine rings is 1. The van der Waals surface area contributed by atoms with Crippen molar-refractivity contribution in [2.45, 2.75) is 33.3 Å². The number of anilines is 1. The van der Waals surface area contributed by atoms with Gasteiger partial charge in [-0.3, -0.25) is 0 Å². The molecule has 0 spiro atoms. The third-order valence-corrected chi connectivity index (χ3v) is 3.13. The summed E-state index contributed by atoms with van der Waals surface area (Å²) in [6.07, 6.45) is 0. The smallest absolute Gasteiger partial charge is 0.129 e. The van der Waals surface area contributed by atoms with Crippen LogP contribution in [0.4, 0.5) is 5.82 Å². The van der Waals surface area contributed by atoms with Gasteiger partial charge in [-0.1, -0.05) is 18.2 Å². The van der Waals surface area contributed by atoms with Crippen LogP contribution in [0.15, 0.2) is 30.3 Å². The molecule has 1 aromatic heterocycles. The molecule has 0 atom stereocenters. The van der Waals surface area contributed by atoms with E-state index in [0.29, 0.717) is 0 Å². The SMILES string of the molecule is CCOC(C)(C)CNc1nc2ccccc2cc1C. The van der Waals surface area contributed by atoms with Gasteiger partial charge in [-0.2, -0.15) is 0 Å². The fourth-order valence-electron chi connectivity index (χ4n) is 2.14. The molecule has 1 aromatic carbocycles. The number of rotatable bonds is 5. The molecule has 0 aliphatic rings. The van der Waals surface area contributed by atoms with E-state index >= 15 is 0 Å². The second kappa shape index (κ2) is 5.57. The Labute approximate surface area is 115 Å². The van der Waals surface area contributed by atoms with Gasteiger partial charge in [-0.25, -0.2) is 4.98 Å². The first-order valence-electron chi connectivity index (χ1n) is 6.76. The normalized spacial score (nSPS) is 11.8. The van der Waals surface area contributed by atoms with Crippen molar-refractivity contribution < 1.29 is 4.74 Å². The van der Waals surface area contributed by atoms with Gasteiger partial charge in [-0.05, 0) is 45.4 Å². The van der Waals surface area contributed by atoms with E-state index in [0.717, 1.165) is 30.0 Å². The fourth-order valence-corrected chi connectivity index (χ4v) is 2.14. The maximum Gasteiger partial charge on any atom is 0.129 e. The van der Waals surface area contributed by atoms with E-state index in [-0.39, 0.29) is 5.60 Å². The Kier molecular flexibility index (Phi) is 4.05. The van der Waals surface area contributed by atoms with Crippen molar-refractivity contribution in [2.75, 3.05) is 18.5 Å². The predicted octanol–water partition coefficient (Wildman–Crippen LogP) is 3.77. The molecule has 0 bridgehead atoms. The summed E-state index contributed by atoms with van der Waals surface area (Å²) < 4.78 is 5.69. The molecule has 0 amide bonds. The molecule has 0 saturated heterocycles. The number of ether oxygens (including phenoxy) is 1.